The molecule has 0 N–H and O–H groups in total. The largest absolute Gasteiger partial charge is 0.206 e. The van der Waals surface area contributed by atoms with Crippen LogP contribution in [0.1, 0.15) is 30.9 Å². The Morgan fingerprint density at radius 1 is 1.06 bits per heavy atom. The van der Waals surface area contributed by atoms with Gasteiger partial charge in [-0.15, -0.1) is 0 Å². The molecule has 0 aliphatic rings. The van der Waals surface area contributed by atoms with Crippen LogP contribution in [0.2, 0.25) is 0 Å². The fraction of sp³-hybridized carbons (Fsp3) is 0.188. The molecule has 2 rings (SSSR count). The molecule has 2 aromatic rings. The smallest absolute Gasteiger partial charge is 0.131 e. The van der Waals surface area contributed by atoms with Crippen LogP contribution in [-0.4, -0.2) is 0 Å². The second kappa shape index (κ2) is 5.01. The van der Waals surface area contributed by atoms with E-state index >= 15 is 0 Å². The molecule has 0 saturated carbocycles. The summed E-state index contributed by atoms with van der Waals surface area (Å²) in [4.78, 5) is 0. The zero-order valence-electron chi connectivity index (χ0n) is 10.4. The molecule has 2 heteroatoms. The van der Waals surface area contributed by atoms with E-state index < -0.39 is 0 Å². The van der Waals surface area contributed by atoms with E-state index in [1.165, 1.54) is 17.7 Å². The van der Waals surface area contributed by atoms with Crippen LogP contribution >= 0.6 is 0 Å². The molecule has 0 atom stereocenters. The number of benzene rings is 2. The van der Waals surface area contributed by atoms with Gasteiger partial charge in [0.25, 0.3) is 0 Å². The molecule has 0 heterocycles. The molecule has 0 fully saturated rings. The maximum Gasteiger partial charge on any atom is 0.131 e. The second-order valence-electron chi connectivity index (χ2n) is 4.58. The maximum atomic E-state index is 13.7. The molecule has 0 spiro atoms. The monoisotopic (exact) mass is 239 g/mol. The van der Waals surface area contributed by atoms with Gasteiger partial charge in [-0.25, -0.2) is 4.39 Å². The average Bonchev–Trinajstić information content (AvgIpc) is 2.39. The van der Waals surface area contributed by atoms with Crippen molar-refractivity contribution in [1.29, 1.82) is 5.26 Å². The first-order chi connectivity index (χ1) is 8.61. The van der Waals surface area contributed by atoms with Crippen molar-refractivity contribution in [2.45, 2.75) is 19.8 Å². The van der Waals surface area contributed by atoms with Crippen molar-refractivity contribution in [3.8, 4) is 17.2 Å². The number of nitrogens with zero attached hydrogens (tertiary/aromatic N) is 1. The van der Waals surface area contributed by atoms with E-state index in [9.17, 15) is 4.39 Å². The standard InChI is InChI=1S/C16H14FN/c1-11(2)13-4-6-14(7-5-13)15-9-12(10-18)3-8-16(15)17/h3-9,11H,1-2H3. The van der Waals surface area contributed by atoms with E-state index in [2.05, 4.69) is 13.8 Å². The van der Waals surface area contributed by atoms with Crippen LogP contribution in [0.15, 0.2) is 42.5 Å². The van der Waals surface area contributed by atoms with Crippen molar-refractivity contribution in [1.82, 2.24) is 0 Å². The first-order valence-electron chi connectivity index (χ1n) is 5.92. The molecule has 0 radical (unpaired) electrons. The minimum Gasteiger partial charge on any atom is -0.206 e. The van der Waals surface area contributed by atoms with E-state index in [1.807, 2.05) is 30.3 Å². The van der Waals surface area contributed by atoms with Gasteiger partial charge in [-0.3, -0.25) is 0 Å². The molecule has 0 saturated heterocycles. The summed E-state index contributed by atoms with van der Waals surface area (Å²) in [6.45, 7) is 4.23. The van der Waals surface area contributed by atoms with Gasteiger partial charge < -0.3 is 0 Å². The van der Waals surface area contributed by atoms with E-state index in [0.29, 0.717) is 17.0 Å². The lowest BCUT2D eigenvalue weighted by Gasteiger charge is -2.08. The first kappa shape index (κ1) is 12.3. The lowest BCUT2D eigenvalue weighted by molar-refractivity contribution is 0.631. The summed E-state index contributed by atoms with van der Waals surface area (Å²) in [5.74, 6) is 0.153. The molecule has 0 aliphatic carbocycles. The van der Waals surface area contributed by atoms with Crippen LogP contribution < -0.4 is 0 Å². The highest BCUT2D eigenvalue weighted by atomic mass is 19.1. The minimum atomic E-state index is -0.300. The normalized spacial score (nSPS) is 10.4. The third-order valence-corrected chi connectivity index (χ3v) is 2.98. The van der Waals surface area contributed by atoms with Crippen molar-refractivity contribution in [2.24, 2.45) is 0 Å². The Morgan fingerprint density at radius 2 is 1.72 bits per heavy atom. The minimum absolute atomic E-state index is 0.300. The van der Waals surface area contributed by atoms with Crippen LogP contribution in [0, 0.1) is 17.1 Å². The first-order valence-corrected chi connectivity index (χ1v) is 5.92. The summed E-state index contributed by atoms with van der Waals surface area (Å²) < 4.78 is 13.7. The highest BCUT2D eigenvalue weighted by molar-refractivity contribution is 5.66. The zero-order chi connectivity index (χ0) is 13.1. The van der Waals surface area contributed by atoms with Crippen LogP contribution in [0.4, 0.5) is 4.39 Å². The van der Waals surface area contributed by atoms with Crippen LogP contribution in [-0.2, 0) is 0 Å². The molecule has 0 amide bonds. The van der Waals surface area contributed by atoms with Gasteiger partial charge in [-0.2, -0.15) is 5.26 Å². The average molecular weight is 239 g/mol. The van der Waals surface area contributed by atoms with Crippen molar-refractivity contribution in [3.63, 3.8) is 0 Å². The van der Waals surface area contributed by atoms with Crippen molar-refractivity contribution in [3.05, 3.63) is 59.4 Å². The molecule has 0 unspecified atom stereocenters. The molecule has 0 aromatic heterocycles. The molecular weight excluding hydrogens is 225 g/mol. The maximum absolute atomic E-state index is 13.7. The summed E-state index contributed by atoms with van der Waals surface area (Å²) in [5, 5.41) is 8.84. The SMILES string of the molecule is CC(C)c1ccc(-c2cc(C#N)ccc2F)cc1. The van der Waals surface area contributed by atoms with Gasteiger partial charge in [-0.05, 0) is 35.2 Å². The summed E-state index contributed by atoms with van der Waals surface area (Å²) in [7, 11) is 0. The molecular formula is C16H14FN. The Hall–Kier alpha value is -2.14. The van der Waals surface area contributed by atoms with Gasteiger partial charge in [0.2, 0.25) is 0 Å². The summed E-state index contributed by atoms with van der Waals surface area (Å²) >= 11 is 0. The van der Waals surface area contributed by atoms with Gasteiger partial charge >= 0.3 is 0 Å². The summed E-state index contributed by atoms with van der Waals surface area (Å²) in [6.07, 6.45) is 0. The molecule has 18 heavy (non-hydrogen) atoms. The van der Waals surface area contributed by atoms with E-state index in [0.717, 1.165) is 5.56 Å². The summed E-state index contributed by atoms with van der Waals surface area (Å²) in [6, 6.07) is 14.2. The fourth-order valence-electron chi connectivity index (χ4n) is 1.86. The van der Waals surface area contributed by atoms with Gasteiger partial charge in [0.15, 0.2) is 0 Å². The predicted octanol–water partition coefficient (Wildman–Crippen LogP) is 4.49. The third-order valence-electron chi connectivity index (χ3n) is 2.98. The zero-order valence-corrected chi connectivity index (χ0v) is 10.4. The van der Waals surface area contributed by atoms with Gasteiger partial charge in [0, 0.05) is 5.56 Å². The Kier molecular flexibility index (Phi) is 3.43. The quantitative estimate of drug-likeness (QED) is 0.757. The van der Waals surface area contributed by atoms with Crippen molar-refractivity contribution in [2.75, 3.05) is 0 Å². The Labute approximate surface area is 107 Å². The Bertz CT molecular complexity index is 591. The van der Waals surface area contributed by atoms with E-state index in [-0.39, 0.29) is 5.82 Å². The van der Waals surface area contributed by atoms with Crippen molar-refractivity contribution < 1.29 is 4.39 Å². The molecule has 0 bridgehead atoms. The number of rotatable bonds is 2. The van der Waals surface area contributed by atoms with E-state index in [1.54, 1.807) is 6.07 Å². The van der Waals surface area contributed by atoms with Crippen molar-refractivity contribution >= 4 is 0 Å². The number of hydrogen-bond acceptors (Lipinski definition) is 1. The van der Waals surface area contributed by atoms with E-state index in [4.69, 9.17) is 5.26 Å². The predicted molar refractivity (Wildman–Crippen MR) is 70.6 cm³/mol. The third kappa shape index (κ3) is 2.41. The van der Waals surface area contributed by atoms with Crippen LogP contribution in [0.25, 0.3) is 11.1 Å². The van der Waals surface area contributed by atoms with Gasteiger partial charge in [0.1, 0.15) is 5.82 Å². The lowest BCUT2D eigenvalue weighted by Crippen LogP contribution is -1.89. The topological polar surface area (TPSA) is 23.8 Å². The lowest BCUT2D eigenvalue weighted by atomic mass is 9.98. The van der Waals surface area contributed by atoms with Gasteiger partial charge in [-0.1, -0.05) is 38.1 Å². The molecule has 90 valence electrons. The summed E-state index contributed by atoms with van der Waals surface area (Å²) in [5.41, 5.74) is 2.97. The molecule has 0 aliphatic heterocycles. The van der Waals surface area contributed by atoms with Gasteiger partial charge in [0.05, 0.1) is 11.6 Å². The molecule has 2 aromatic carbocycles. The van der Waals surface area contributed by atoms with Crippen LogP contribution in [0.3, 0.4) is 0 Å². The fourth-order valence-corrected chi connectivity index (χ4v) is 1.86. The highest BCUT2D eigenvalue weighted by Gasteiger charge is 2.07. The Morgan fingerprint density at radius 3 is 2.28 bits per heavy atom. The highest BCUT2D eigenvalue weighted by Crippen LogP contribution is 2.25. The number of hydrogen-bond donors (Lipinski definition) is 0. The second-order valence-corrected chi connectivity index (χ2v) is 4.58. The van der Waals surface area contributed by atoms with Crippen LogP contribution in [0.5, 0.6) is 0 Å². The Balaban J connectivity index is 2.45. The number of nitriles is 1. The molecule has 1 nitrogen and oxygen atoms in total. The number of halogens is 1.